The molecule has 0 spiro atoms. The zero-order valence-corrected chi connectivity index (χ0v) is 23.5. The summed E-state index contributed by atoms with van der Waals surface area (Å²) in [5.74, 6) is 0.579. The predicted octanol–water partition coefficient (Wildman–Crippen LogP) is 5.08. The third-order valence-electron chi connectivity index (χ3n) is 6.00. The Balaban J connectivity index is 1.36. The Morgan fingerprint density at radius 2 is 2.00 bits per heavy atom. The third-order valence-corrected chi connectivity index (χ3v) is 8.69. The molecule has 3 aromatic heterocycles. The van der Waals surface area contributed by atoms with Crippen LogP contribution in [0.15, 0.2) is 35.0 Å². The van der Waals surface area contributed by atoms with Crippen LogP contribution in [-0.4, -0.2) is 50.2 Å². The first kappa shape index (κ1) is 27.4. The Hall–Kier alpha value is -2.60. The molecule has 0 atom stereocenters. The number of nitrogens with one attached hydrogen (secondary N) is 2. The third kappa shape index (κ3) is 6.64. The topological polar surface area (TPSA) is 117 Å². The highest BCUT2D eigenvalue weighted by Gasteiger charge is 2.30. The van der Waals surface area contributed by atoms with Crippen LogP contribution < -0.4 is 14.9 Å². The molecule has 1 aliphatic heterocycles. The highest BCUT2D eigenvalue weighted by Crippen LogP contribution is 2.39. The van der Waals surface area contributed by atoms with Crippen molar-refractivity contribution in [1.29, 1.82) is 0 Å². The Labute approximate surface area is 229 Å². The van der Waals surface area contributed by atoms with Crippen LogP contribution >= 0.6 is 34.5 Å². The summed E-state index contributed by atoms with van der Waals surface area (Å²) in [6.07, 6.45) is 8.19. The van der Waals surface area contributed by atoms with Gasteiger partial charge in [0, 0.05) is 43.5 Å². The fraction of sp³-hybridized carbons (Fsp3) is 0.375. The minimum absolute atomic E-state index is 0.296. The van der Waals surface area contributed by atoms with Crippen LogP contribution in [0.4, 0.5) is 11.5 Å². The number of pyridine rings is 1. The molecule has 1 saturated heterocycles. The molecular weight excluding hydrogens is 557 g/mol. The van der Waals surface area contributed by atoms with Gasteiger partial charge in [-0.1, -0.05) is 36.2 Å². The van der Waals surface area contributed by atoms with Gasteiger partial charge in [0.25, 0.3) is 0 Å². The fourth-order valence-electron chi connectivity index (χ4n) is 4.04. The molecule has 0 unspecified atom stereocenters. The van der Waals surface area contributed by atoms with Crippen LogP contribution in [0.1, 0.15) is 30.4 Å². The predicted molar refractivity (Wildman–Crippen MR) is 149 cm³/mol. The highest BCUT2D eigenvalue weighted by atomic mass is 35.5. The molecule has 0 aliphatic carbocycles. The molecule has 2 N–H and O–H groups in total. The number of aryl methyl sites for hydroxylation is 1. The second-order valence-electron chi connectivity index (χ2n) is 8.47. The second-order valence-corrected chi connectivity index (χ2v) is 12.4. The molecule has 1 amide bonds. The van der Waals surface area contributed by atoms with E-state index in [0.717, 1.165) is 17.1 Å². The van der Waals surface area contributed by atoms with Crippen molar-refractivity contribution in [1.82, 2.24) is 14.7 Å². The SMILES string of the molecule is CCc1cnc(-c2cnc(N3CCC(C(=O)NS(=O)(=O)CC=Cc4ccc(Cl)s4)CC3)c(Cl)c2NC)o1. The minimum atomic E-state index is -3.79. The number of anilines is 2. The maximum absolute atomic E-state index is 12.7. The number of carbonyl (C=O) groups is 1. The molecular formula is C24H27Cl2N5O4S2. The van der Waals surface area contributed by atoms with Gasteiger partial charge in [0.15, 0.2) is 0 Å². The lowest BCUT2D eigenvalue weighted by Gasteiger charge is -2.33. The number of nitrogens with zero attached hydrogens (tertiary/aromatic N) is 3. The maximum atomic E-state index is 12.7. The van der Waals surface area contributed by atoms with Crippen LogP contribution in [0, 0.1) is 5.92 Å². The molecule has 0 saturated carbocycles. The summed E-state index contributed by atoms with van der Waals surface area (Å²) in [4.78, 5) is 24.4. The van der Waals surface area contributed by atoms with Gasteiger partial charge in [-0.25, -0.2) is 18.4 Å². The smallest absolute Gasteiger partial charge is 0.238 e. The minimum Gasteiger partial charge on any atom is -0.441 e. The molecule has 1 aliphatic rings. The maximum Gasteiger partial charge on any atom is 0.238 e. The Morgan fingerprint density at radius 1 is 1.24 bits per heavy atom. The van der Waals surface area contributed by atoms with Gasteiger partial charge in [0.1, 0.15) is 16.6 Å². The van der Waals surface area contributed by atoms with Gasteiger partial charge in [-0.2, -0.15) is 0 Å². The van der Waals surface area contributed by atoms with E-state index in [1.807, 2.05) is 11.8 Å². The molecule has 13 heteroatoms. The summed E-state index contributed by atoms with van der Waals surface area (Å²) in [6, 6.07) is 3.54. The lowest BCUT2D eigenvalue weighted by atomic mass is 9.96. The summed E-state index contributed by atoms with van der Waals surface area (Å²) in [6.45, 7) is 2.99. The number of hydrogen-bond acceptors (Lipinski definition) is 9. The van der Waals surface area contributed by atoms with Crippen LogP contribution in [0.3, 0.4) is 0 Å². The quantitative estimate of drug-likeness (QED) is 0.358. The van der Waals surface area contributed by atoms with Crippen molar-refractivity contribution in [3.8, 4) is 11.5 Å². The van der Waals surface area contributed by atoms with Gasteiger partial charge >= 0.3 is 0 Å². The first-order valence-electron chi connectivity index (χ1n) is 11.7. The lowest BCUT2D eigenvalue weighted by Crippen LogP contribution is -2.43. The van der Waals surface area contributed by atoms with Crippen LogP contribution in [0.25, 0.3) is 17.5 Å². The standard InChI is InChI=1S/C24H27Cl2N5O4S2/c1-3-16-13-29-24(35-16)18-14-28-22(20(26)21(18)27-2)31-10-8-15(9-11-31)23(32)30-37(33,34)12-4-5-17-6-7-19(25)36-17/h4-7,13-15H,3,8-12H2,1-2H3,(H,27,28)(H,30,32). The number of carbonyl (C=O) groups excluding carboxylic acids is 1. The molecule has 0 aromatic carbocycles. The lowest BCUT2D eigenvalue weighted by molar-refractivity contribution is -0.123. The molecule has 0 radical (unpaired) electrons. The van der Waals surface area contributed by atoms with E-state index in [-0.39, 0.29) is 5.75 Å². The van der Waals surface area contributed by atoms with E-state index in [4.69, 9.17) is 27.6 Å². The number of oxazole rings is 1. The van der Waals surface area contributed by atoms with Crippen molar-refractivity contribution in [3.05, 3.63) is 50.6 Å². The fourth-order valence-corrected chi connectivity index (χ4v) is 6.30. The number of aromatic nitrogens is 2. The summed E-state index contributed by atoms with van der Waals surface area (Å²) >= 11 is 13.9. The molecule has 198 valence electrons. The summed E-state index contributed by atoms with van der Waals surface area (Å²) in [5.41, 5.74) is 1.31. The zero-order valence-electron chi connectivity index (χ0n) is 20.3. The summed E-state index contributed by atoms with van der Waals surface area (Å²) < 4.78 is 33.4. The first-order valence-corrected chi connectivity index (χ1v) is 15.0. The number of sulfonamides is 1. The molecule has 0 bridgehead atoms. The van der Waals surface area contributed by atoms with Crippen molar-refractivity contribution in [2.24, 2.45) is 5.92 Å². The van der Waals surface area contributed by atoms with Gasteiger partial charge in [-0.05, 0) is 31.1 Å². The van der Waals surface area contributed by atoms with Crippen molar-refractivity contribution >= 4 is 68.1 Å². The number of thiophene rings is 1. The Kier molecular flexibility index (Phi) is 8.79. The highest BCUT2D eigenvalue weighted by molar-refractivity contribution is 7.90. The number of hydrogen-bond donors (Lipinski definition) is 2. The van der Waals surface area contributed by atoms with Crippen LogP contribution in [-0.2, 0) is 21.2 Å². The molecule has 4 heterocycles. The van der Waals surface area contributed by atoms with Gasteiger partial charge in [0.2, 0.25) is 21.8 Å². The van der Waals surface area contributed by atoms with E-state index in [0.29, 0.717) is 58.2 Å². The van der Waals surface area contributed by atoms with Crippen molar-refractivity contribution < 1.29 is 17.6 Å². The van der Waals surface area contributed by atoms with E-state index in [2.05, 4.69) is 20.0 Å². The average Bonchev–Trinajstić information content (AvgIpc) is 3.52. The van der Waals surface area contributed by atoms with E-state index in [1.165, 1.54) is 17.4 Å². The van der Waals surface area contributed by atoms with Gasteiger partial charge in [-0.15, -0.1) is 11.3 Å². The Bertz CT molecular complexity index is 1400. The molecule has 9 nitrogen and oxygen atoms in total. The van der Waals surface area contributed by atoms with E-state index >= 15 is 0 Å². The Morgan fingerprint density at radius 3 is 2.62 bits per heavy atom. The average molecular weight is 585 g/mol. The van der Waals surface area contributed by atoms with E-state index in [1.54, 1.807) is 37.7 Å². The zero-order chi connectivity index (χ0) is 26.6. The monoisotopic (exact) mass is 583 g/mol. The molecule has 4 rings (SSSR count). The number of amides is 1. The van der Waals surface area contributed by atoms with E-state index < -0.39 is 21.8 Å². The van der Waals surface area contributed by atoms with Crippen LogP contribution in [0.2, 0.25) is 9.36 Å². The first-order chi connectivity index (χ1) is 17.7. The molecule has 1 fully saturated rings. The largest absolute Gasteiger partial charge is 0.441 e. The van der Waals surface area contributed by atoms with Gasteiger partial charge in [-0.3, -0.25) is 9.52 Å². The van der Waals surface area contributed by atoms with Gasteiger partial charge in [0.05, 0.1) is 27.5 Å². The van der Waals surface area contributed by atoms with Gasteiger partial charge < -0.3 is 14.6 Å². The summed E-state index contributed by atoms with van der Waals surface area (Å²) in [7, 11) is -2.03. The normalized spacial score (nSPS) is 14.9. The van der Waals surface area contributed by atoms with Crippen LogP contribution in [0.5, 0.6) is 0 Å². The van der Waals surface area contributed by atoms with Crippen molar-refractivity contribution in [2.75, 3.05) is 36.1 Å². The van der Waals surface area contributed by atoms with E-state index in [9.17, 15) is 13.2 Å². The summed E-state index contributed by atoms with van der Waals surface area (Å²) in [5, 5.41) is 3.54. The van der Waals surface area contributed by atoms with Crippen molar-refractivity contribution in [3.63, 3.8) is 0 Å². The second kappa shape index (κ2) is 11.8. The number of halogens is 2. The number of piperidine rings is 1. The molecule has 37 heavy (non-hydrogen) atoms. The molecule has 3 aromatic rings. The van der Waals surface area contributed by atoms with Crippen molar-refractivity contribution in [2.45, 2.75) is 26.2 Å². The number of rotatable bonds is 9.